The predicted octanol–water partition coefficient (Wildman–Crippen LogP) is 4.53. The van der Waals surface area contributed by atoms with Crippen LogP contribution in [0.25, 0.3) is 0 Å². The van der Waals surface area contributed by atoms with Crippen molar-refractivity contribution in [1.29, 1.82) is 0 Å². The molecular weight excluding hydrogens is 392 g/mol. The van der Waals surface area contributed by atoms with Crippen molar-refractivity contribution in [2.45, 2.75) is 64.0 Å². The van der Waals surface area contributed by atoms with Gasteiger partial charge in [0.05, 0.1) is 12.7 Å². The van der Waals surface area contributed by atoms with E-state index in [1.54, 1.807) is 13.2 Å². The number of carbonyl (C=O) groups is 1. The molecule has 1 saturated heterocycles. The monoisotopic (exact) mass is 426 g/mol. The number of furan rings is 1. The number of methoxy groups -OCH3 is 1. The third-order valence-corrected chi connectivity index (χ3v) is 6.30. The van der Waals surface area contributed by atoms with Crippen molar-refractivity contribution >= 4 is 5.91 Å². The average Bonchev–Trinajstić information content (AvgIpc) is 3.49. The van der Waals surface area contributed by atoms with Gasteiger partial charge in [0.15, 0.2) is 0 Å². The minimum Gasteiger partial charge on any atom is -0.497 e. The molecule has 0 radical (unpaired) electrons. The summed E-state index contributed by atoms with van der Waals surface area (Å²) in [4.78, 5) is 15.1. The van der Waals surface area contributed by atoms with Gasteiger partial charge in [-0.3, -0.25) is 4.79 Å². The van der Waals surface area contributed by atoms with Crippen LogP contribution in [0.2, 0.25) is 0 Å². The molecule has 2 aliphatic rings. The van der Waals surface area contributed by atoms with Crippen molar-refractivity contribution < 1.29 is 18.7 Å². The Morgan fingerprint density at radius 1 is 1.19 bits per heavy atom. The van der Waals surface area contributed by atoms with Gasteiger partial charge < -0.3 is 24.1 Å². The zero-order valence-electron chi connectivity index (χ0n) is 18.9. The van der Waals surface area contributed by atoms with E-state index in [-0.39, 0.29) is 12.0 Å². The fourth-order valence-corrected chi connectivity index (χ4v) is 4.07. The van der Waals surface area contributed by atoms with Gasteiger partial charge in [-0.2, -0.15) is 0 Å². The second kappa shape index (κ2) is 9.77. The number of benzene rings is 1. The molecule has 4 rings (SSSR count). The number of nitrogens with zero attached hydrogens (tertiary/aromatic N) is 1. The summed E-state index contributed by atoms with van der Waals surface area (Å²) in [6.07, 6.45) is 5.23. The van der Waals surface area contributed by atoms with Crippen LogP contribution < -0.4 is 14.8 Å². The number of hydrogen-bond acceptors (Lipinski definition) is 5. The van der Waals surface area contributed by atoms with Crippen LogP contribution in [-0.4, -0.2) is 49.7 Å². The van der Waals surface area contributed by atoms with Gasteiger partial charge in [0.2, 0.25) is 0 Å². The molecule has 1 saturated carbocycles. The Hall–Kier alpha value is -2.47. The molecule has 0 spiro atoms. The van der Waals surface area contributed by atoms with E-state index in [1.807, 2.05) is 25.1 Å². The smallest absolute Gasteiger partial charge is 0.255 e. The van der Waals surface area contributed by atoms with Crippen LogP contribution in [-0.2, 0) is 0 Å². The van der Waals surface area contributed by atoms with Crippen molar-refractivity contribution in [1.82, 2.24) is 10.2 Å². The first kappa shape index (κ1) is 21.8. The summed E-state index contributed by atoms with van der Waals surface area (Å²) in [6, 6.07) is 9.90. The highest BCUT2D eigenvalue weighted by atomic mass is 16.5. The predicted molar refractivity (Wildman–Crippen MR) is 120 cm³/mol. The van der Waals surface area contributed by atoms with E-state index in [1.165, 1.54) is 0 Å². The van der Waals surface area contributed by atoms with E-state index in [4.69, 9.17) is 13.9 Å². The third kappa shape index (κ3) is 5.82. The third-order valence-electron chi connectivity index (χ3n) is 6.30. The van der Waals surface area contributed by atoms with Crippen LogP contribution in [0.5, 0.6) is 11.5 Å². The van der Waals surface area contributed by atoms with Crippen LogP contribution in [0.15, 0.2) is 34.7 Å². The van der Waals surface area contributed by atoms with E-state index < -0.39 is 0 Å². The molecule has 2 heterocycles. The molecule has 1 amide bonds. The Labute approximate surface area is 184 Å². The lowest BCUT2D eigenvalue weighted by Gasteiger charge is -2.33. The van der Waals surface area contributed by atoms with E-state index >= 15 is 0 Å². The van der Waals surface area contributed by atoms with Crippen molar-refractivity contribution in [3.63, 3.8) is 0 Å². The van der Waals surface area contributed by atoms with Gasteiger partial charge in [0, 0.05) is 31.1 Å². The number of amides is 1. The second-order valence-electron chi connectivity index (χ2n) is 8.91. The highest BCUT2D eigenvalue weighted by molar-refractivity contribution is 5.97. The van der Waals surface area contributed by atoms with Crippen LogP contribution in [0.4, 0.5) is 0 Å². The summed E-state index contributed by atoms with van der Waals surface area (Å²) in [5.41, 5.74) is 0.595. The lowest BCUT2D eigenvalue weighted by atomic mass is 10.0. The Balaban J connectivity index is 1.29. The lowest BCUT2D eigenvalue weighted by molar-refractivity contribution is 0.0897. The van der Waals surface area contributed by atoms with E-state index in [0.717, 1.165) is 63.3 Å². The molecule has 1 aliphatic heterocycles. The fraction of sp³-hybridized carbons (Fsp3) is 0.560. The van der Waals surface area contributed by atoms with Gasteiger partial charge in [-0.15, -0.1) is 0 Å². The number of piperidine rings is 1. The number of aryl methyl sites for hydroxylation is 1. The molecule has 1 aliphatic carbocycles. The number of likely N-dealkylation sites (tertiary alicyclic amines) is 1. The van der Waals surface area contributed by atoms with Gasteiger partial charge in [-0.25, -0.2) is 0 Å². The summed E-state index contributed by atoms with van der Waals surface area (Å²) in [5, 5.41) is 3.06. The summed E-state index contributed by atoms with van der Waals surface area (Å²) in [7, 11) is 1.63. The molecular formula is C25H34N2O4. The molecule has 1 aromatic carbocycles. The summed E-state index contributed by atoms with van der Waals surface area (Å²) < 4.78 is 17.4. The molecule has 168 valence electrons. The molecule has 31 heavy (non-hydrogen) atoms. The van der Waals surface area contributed by atoms with Gasteiger partial charge in [-0.1, -0.05) is 6.92 Å². The Kier molecular flexibility index (Phi) is 6.86. The minimum atomic E-state index is -0.0558. The van der Waals surface area contributed by atoms with Crippen molar-refractivity contribution in [2.24, 2.45) is 0 Å². The normalized spacial score (nSPS) is 18.5. The number of rotatable bonds is 9. The summed E-state index contributed by atoms with van der Waals surface area (Å²) >= 11 is 0. The molecule has 2 aromatic rings. The Morgan fingerprint density at radius 2 is 1.97 bits per heavy atom. The highest BCUT2D eigenvalue weighted by Gasteiger charge is 2.27. The standard InChI is InChI=1S/C25H34N2O4/c1-17(23-9-4-18(2)30-23)10-13-27-14-11-20(12-15-27)31-24-16-21(29-3)7-8-22(24)25(28)26-19-5-6-19/h4,7-9,16-17,19-20H,5-6,10-15H2,1-3H3,(H,26,28)/t17-/m1/s1. The van der Waals surface area contributed by atoms with Gasteiger partial charge in [0.1, 0.15) is 29.1 Å². The number of hydrogen-bond donors (Lipinski definition) is 1. The van der Waals surface area contributed by atoms with Crippen molar-refractivity contribution in [2.75, 3.05) is 26.7 Å². The van der Waals surface area contributed by atoms with Crippen molar-refractivity contribution in [3.8, 4) is 11.5 Å². The van der Waals surface area contributed by atoms with E-state index in [2.05, 4.69) is 23.2 Å². The average molecular weight is 427 g/mol. The quantitative estimate of drug-likeness (QED) is 0.638. The first-order chi connectivity index (χ1) is 15.0. The first-order valence-electron chi connectivity index (χ1n) is 11.5. The lowest BCUT2D eigenvalue weighted by Crippen LogP contribution is -2.39. The summed E-state index contributed by atoms with van der Waals surface area (Å²) in [6.45, 7) is 7.28. The first-order valence-corrected chi connectivity index (χ1v) is 11.5. The fourth-order valence-electron chi connectivity index (χ4n) is 4.07. The van der Waals surface area contributed by atoms with Gasteiger partial charge in [0.25, 0.3) is 5.91 Å². The van der Waals surface area contributed by atoms with E-state index in [9.17, 15) is 4.79 Å². The number of ether oxygens (including phenoxy) is 2. The largest absolute Gasteiger partial charge is 0.497 e. The van der Waals surface area contributed by atoms with E-state index in [0.29, 0.717) is 29.0 Å². The number of carbonyl (C=O) groups excluding carboxylic acids is 1. The molecule has 0 bridgehead atoms. The van der Waals surface area contributed by atoms with Gasteiger partial charge >= 0.3 is 0 Å². The molecule has 1 aromatic heterocycles. The molecule has 1 atom stereocenters. The zero-order chi connectivity index (χ0) is 21.8. The molecule has 6 nitrogen and oxygen atoms in total. The van der Waals surface area contributed by atoms with Crippen LogP contribution in [0.1, 0.15) is 66.8 Å². The maximum atomic E-state index is 12.6. The second-order valence-corrected chi connectivity index (χ2v) is 8.91. The van der Waals surface area contributed by atoms with Gasteiger partial charge in [-0.05, 0) is 69.8 Å². The number of nitrogens with one attached hydrogen (secondary N) is 1. The topological polar surface area (TPSA) is 63.9 Å². The Bertz CT molecular complexity index is 881. The van der Waals surface area contributed by atoms with Crippen LogP contribution in [0.3, 0.4) is 0 Å². The summed E-state index contributed by atoms with van der Waals surface area (Å²) in [5.74, 6) is 3.75. The highest BCUT2D eigenvalue weighted by Crippen LogP contribution is 2.29. The van der Waals surface area contributed by atoms with Crippen molar-refractivity contribution in [3.05, 3.63) is 47.4 Å². The van der Waals surface area contributed by atoms with Crippen LogP contribution >= 0.6 is 0 Å². The molecule has 1 N–H and O–H groups in total. The SMILES string of the molecule is COc1ccc(C(=O)NC2CC2)c(OC2CCN(CC[C@@H](C)c3ccc(C)o3)CC2)c1. The maximum Gasteiger partial charge on any atom is 0.255 e. The van der Waals surface area contributed by atoms with Crippen LogP contribution in [0, 0.1) is 6.92 Å². The molecule has 0 unspecified atom stereocenters. The molecule has 6 heteroatoms. The zero-order valence-corrected chi connectivity index (χ0v) is 18.9. The Morgan fingerprint density at radius 3 is 2.61 bits per heavy atom. The maximum absolute atomic E-state index is 12.6. The molecule has 2 fully saturated rings. The minimum absolute atomic E-state index is 0.0558.